The Labute approximate surface area is 135 Å². The van der Waals surface area contributed by atoms with Crippen LogP contribution in [0.5, 0.6) is 0 Å². The molecular formula is C15H19Cl2N3O. The zero-order valence-electron chi connectivity index (χ0n) is 11.8. The Morgan fingerprint density at radius 2 is 1.90 bits per heavy atom. The van der Waals surface area contributed by atoms with Gasteiger partial charge in [-0.1, -0.05) is 29.3 Å². The zero-order chi connectivity index (χ0) is 14.8. The second kappa shape index (κ2) is 6.42. The molecule has 0 saturated carbocycles. The molecule has 4 nitrogen and oxygen atoms in total. The van der Waals surface area contributed by atoms with Crippen molar-refractivity contribution in [2.75, 3.05) is 26.2 Å². The van der Waals surface area contributed by atoms with Crippen LogP contribution in [0.4, 0.5) is 4.79 Å². The number of nitrogens with zero attached hydrogens (tertiary/aromatic N) is 2. The summed E-state index contributed by atoms with van der Waals surface area (Å²) in [6.45, 7) is 4.53. The molecule has 6 heteroatoms. The second-order valence-electron chi connectivity index (χ2n) is 5.68. The summed E-state index contributed by atoms with van der Waals surface area (Å²) < 4.78 is 0. The first-order valence-corrected chi connectivity index (χ1v) is 8.10. The minimum absolute atomic E-state index is 0.0953. The molecule has 0 aromatic heterocycles. The fraction of sp³-hybridized carbons (Fsp3) is 0.533. The van der Waals surface area contributed by atoms with Crippen LogP contribution in [-0.2, 0) is 6.54 Å². The lowest BCUT2D eigenvalue weighted by Crippen LogP contribution is -2.45. The molecule has 0 radical (unpaired) electrons. The number of halogens is 2. The topological polar surface area (TPSA) is 35.6 Å². The Bertz CT molecular complexity index is 530. The molecule has 21 heavy (non-hydrogen) atoms. The van der Waals surface area contributed by atoms with Crippen LogP contribution in [0.3, 0.4) is 0 Å². The second-order valence-corrected chi connectivity index (χ2v) is 6.50. The predicted molar refractivity (Wildman–Crippen MR) is 84.9 cm³/mol. The summed E-state index contributed by atoms with van der Waals surface area (Å²) in [6.07, 6.45) is 2.07. The third-order valence-electron chi connectivity index (χ3n) is 4.28. The molecule has 0 aliphatic carbocycles. The van der Waals surface area contributed by atoms with Crippen molar-refractivity contribution in [3.63, 3.8) is 0 Å². The average molecular weight is 328 g/mol. The van der Waals surface area contributed by atoms with E-state index in [1.807, 2.05) is 23.1 Å². The van der Waals surface area contributed by atoms with Crippen molar-refractivity contribution < 1.29 is 4.79 Å². The first kappa shape index (κ1) is 14.9. The van der Waals surface area contributed by atoms with E-state index in [-0.39, 0.29) is 6.03 Å². The summed E-state index contributed by atoms with van der Waals surface area (Å²) in [5, 5.41) is 4.08. The van der Waals surface area contributed by atoms with E-state index in [9.17, 15) is 4.79 Å². The average Bonchev–Trinajstić information content (AvgIpc) is 2.90. The molecule has 0 spiro atoms. The molecule has 2 fully saturated rings. The lowest BCUT2D eigenvalue weighted by atomic mass is 10.0. The van der Waals surface area contributed by atoms with Crippen molar-refractivity contribution in [1.29, 1.82) is 0 Å². The fourth-order valence-corrected chi connectivity index (χ4v) is 3.44. The van der Waals surface area contributed by atoms with Gasteiger partial charge in [0.25, 0.3) is 0 Å². The van der Waals surface area contributed by atoms with Crippen molar-refractivity contribution in [2.45, 2.75) is 25.4 Å². The van der Waals surface area contributed by atoms with Crippen LogP contribution < -0.4 is 5.32 Å². The van der Waals surface area contributed by atoms with Crippen molar-refractivity contribution in [3.8, 4) is 0 Å². The lowest BCUT2D eigenvalue weighted by Gasteiger charge is -2.36. The molecule has 2 heterocycles. The van der Waals surface area contributed by atoms with Crippen molar-refractivity contribution in [1.82, 2.24) is 15.1 Å². The standard InChI is InChI=1S/C15H19Cl2N3O/c16-13-2-1-11(9-14(13)17)10-19-6-3-12(4-7-19)20-8-5-18-15(20)21/h1-2,9,12H,3-8,10H2,(H,18,21). The molecule has 0 bridgehead atoms. The van der Waals surface area contributed by atoms with E-state index < -0.39 is 0 Å². The van der Waals surface area contributed by atoms with Gasteiger partial charge in [-0.3, -0.25) is 4.90 Å². The van der Waals surface area contributed by atoms with Crippen molar-refractivity contribution >= 4 is 29.2 Å². The van der Waals surface area contributed by atoms with Gasteiger partial charge in [-0.2, -0.15) is 0 Å². The highest BCUT2D eigenvalue weighted by atomic mass is 35.5. The number of nitrogens with one attached hydrogen (secondary N) is 1. The van der Waals surface area contributed by atoms with Gasteiger partial charge >= 0.3 is 6.03 Å². The maximum atomic E-state index is 11.7. The van der Waals surface area contributed by atoms with Crippen LogP contribution in [0.25, 0.3) is 0 Å². The Balaban J connectivity index is 1.53. The number of urea groups is 1. The highest BCUT2D eigenvalue weighted by molar-refractivity contribution is 6.42. The van der Waals surface area contributed by atoms with Gasteiger partial charge in [-0.05, 0) is 30.5 Å². The Morgan fingerprint density at radius 3 is 2.52 bits per heavy atom. The molecule has 2 aliphatic rings. The molecule has 2 aliphatic heterocycles. The lowest BCUT2D eigenvalue weighted by molar-refractivity contribution is 0.132. The maximum Gasteiger partial charge on any atom is 0.317 e. The van der Waals surface area contributed by atoms with Gasteiger partial charge in [-0.15, -0.1) is 0 Å². The molecule has 2 amide bonds. The monoisotopic (exact) mass is 327 g/mol. The summed E-state index contributed by atoms with van der Waals surface area (Å²) >= 11 is 12.0. The molecule has 0 unspecified atom stereocenters. The number of rotatable bonds is 3. The smallest absolute Gasteiger partial charge is 0.317 e. The van der Waals surface area contributed by atoms with Gasteiger partial charge in [0.15, 0.2) is 0 Å². The van der Waals surface area contributed by atoms with Gasteiger partial charge in [0.1, 0.15) is 0 Å². The molecule has 3 rings (SSSR count). The van der Waals surface area contributed by atoms with Crippen LogP contribution in [0.1, 0.15) is 18.4 Å². The first-order chi connectivity index (χ1) is 10.1. The van der Waals surface area contributed by atoms with Gasteiger partial charge in [0.2, 0.25) is 0 Å². The highest BCUT2D eigenvalue weighted by Gasteiger charge is 2.30. The fourth-order valence-electron chi connectivity index (χ4n) is 3.12. The van der Waals surface area contributed by atoms with Crippen LogP contribution in [-0.4, -0.2) is 48.1 Å². The molecule has 0 atom stereocenters. The number of piperidine rings is 1. The SMILES string of the molecule is O=C1NCCN1C1CCN(Cc2ccc(Cl)c(Cl)c2)CC1. The minimum Gasteiger partial charge on any atom is -0.336 e. The van der Waals surface area contributed by atoms with E-state index in [4.69, 9.17) is 23.2 Å². The van der Waals surface area contributed by atoms with E-state index in [1.165, 1.54) is 5.56 Å². The Kier molecular flexibility index (Phi) is 4.57. The number of likely N-dealkylation sites (tertiary alicyclic amines) is 1. The quantitative estimate of drug-likeness (QED) is 0.926. The normalized spacial score (nSPS) is 20.9. The Morgan fingerprint density at radius 1 is 1.14 bits per heavy atom. The number of benzene rings is 1. The van der Waals surface area contributed by atoms with Crippen LogP contribution in [0.15, 0.2) is 18.2 Å². The van der Waals surface area contributed by atoms with Crippen LogP contribution in [0, 0.1) is 0 Å². The number of carbonyl (C=O) groups excluding carboxylic acids is 1. The summed E-state index contributed by atoms with van der Waals surface area (Å²) in [5.41, 5.74) is 1.18. The summed E-state index contributed by atoms with van der Waals surface area (Å²) in [4.78, 5) is 16.1. The molecule has 1 aromatic carbocycles. The summed E-state index contributed by atoms with van der Waals surface area (Å²) in [6, 6.07) is 6.29. The molecule has 1 aromatic rings. The highest BCUT2D eigenvalue weighted by Crippen LogP contribution is 2.25. The van der Waals surface area contributed by atoms with Gasteiger partial charge in [0.05, 0.1) is 10.0 Å². The first-order valence-electron chi connectivity index (χ1n) is 7.34. The number of hydrogen-bond donors (Lipinski definition) is 1. The van der Waals surface area contributed by atoms with Crippen molar-refractivity contribution in [3.05, 3.63) is 33.8 Å². The van der Waals surface area contributed by atoms with E-state index in [2.05, 4.69) is 10.2 Å². The van der Waals surface area contributed by atoms with E-state index >= 15 is 0 Å². The van der Waals surface area contributed by atoms with Crippen LogP contribution >= 0.6 is 23.2 Å². The summed E-state index contributed by atoms with van der Waals surface area (Å²) in [5.74, 6) is 0. The van der Waals surface area contributed by atoms with Crippen molar-refractivity contribution in [2.24, 2.45) is 0 Å². The maximum absolute atomic E-state index is 11.7. The molecule has 114 valence electrons. The summed E-state index contributed by atoms with van der Waals surface area (Å²) in [7, 11) is 0. The molecule has 2 saturated heterocycles. The minimum atomic E-state index is 0.0953. The molecule has 1 N–H and O–H groups in total. The van der Waals surface area contributed by atoms with Gasteiger partial charge < -0.3 is 10.2 Å². The third kappa shape index (κ3) is 3.44. The van der Waals surface area contributed by atoms with Gasteiger partial charge in [0, 0.05) is 38.8 Å². The zero-order valence-corrected chi connectivity index (χ0v) is 13.3. The third-order valence-corrected chi connectivity index (χ3v) is 5.02. The van der Waals surface area contributed by atoms with Crippen LogP contribution in [0.2, 0.25) is 10.0 Å². The van der Waals surface area contributed by atoms with Gasteiger partial charge in [-0.25, -0.2) is 4.79 Å². The molecular weight excluding hydrogens is 309 g/mol. The van der Waals surface area contributed by atoms with E-state index in [0.717, 1.165) is 45.6 Å². The number of carbonyl (C=O) groups is 1. The largest absolute Gasteiger partial charge is 0.336 e. The van der Waals surface area contributed by atoms with E-state index in [1.54, 1.807) is 0 Å². The number of hydrogen-bond acceptors (Lipinski definition) is 2. The predicted octanol–water partition coefficient (Wildman–Crippen LogP) is 2.98. The van der Waals surface area contributed by atoms with E-state index in [0.29, 0.717) is 16.1 Å². The Hall–Kier alpha value is -0.970. The number of amides is 2.